The van der Waals surface area contributed by atoms with E-state index in [1.165, 1.54) is 17.5 Å². The number of carbonyl (C=O) groups is 1. The first-order chi connectivity index (χ1) is 13.9. The number of piperidine rings is 1. The second-order valence-electron chi connectivity index (χ2n) is 8.33. The number of hydrogen-bond acceptors (Lipinski definition) is 3. The number of fused-ring (bicyclic) bond motifs is 1. The molecule has 29 heavy (non-hydrogen) atoms. The van der Waals surface area contributed by atoms with E-state index in [9.17, 15) is 4.79 Å². The first kappa shape index (κ1) is 19.6. The van der Waals surface area contributed by atoms with Gasteiger partial charge in [0.05, 0.1) is 11.7 Å². The minimum Gasteiger partial charge on any atom is -0.336 e. The van der Waals surface area contributed by atoms with Crippen LogP contribution < -0.4 is 0 Å². The topological polar surface area (TPSA) is 50.5 Å². The Morgan fingerprint density at radius 3 is 2.62 bits per heavy atom. The average Bonchev–Trinajstić information content (AvgIpc) is 3.08. The fourth-order valence-corrected chi connectivity index (χ4v) is 4.54. The molecule has 3 heterocycles. The molecule has 1 aliphatic heterocycles. The fraction of sp³-hybridized carbons (Fsp3) is 0.458. The number of hydrogen-bond donors (Lipinski definition) is 0. The number of likely N-dealkylation sites (tertiary alicyclic amines) is 1. The summed E-state index contributed by atoms with van der Waals surface area (Å²) in [6, 6.07) is 10.8. The zero-order valence-electron chi connectivity index (χ0n) is 17.9. The molecule has 1 amide bonds. The molecule has 0 N–H and O–H groups in total. The van der Waals surface area contributed by atoms with E-state index in [1.807, 2.05) is 24.4 Å². The third-order valence-corrected chi connectivity index (χ3v) is 6.16. The van der Waals surface area contributed by atoms with E-state index in [0.29, 0.717) is 12.8 Å². The maximum Gasteiger partial charge on any atom is 0.223 e. The summed E-state index contributed by atoms with van der Waals surface area (Å²) >= 11 is 0. The van der Waals surface area contributed by atoms with Crippen molar-refractivity contribution in [2.75, 3.05) is 6.54 Å². The number of rotatable bonds is 4. The molecule has 0 radical (unpaired) electrons. The Labute approximate surface area is 172 Å². The van der Waals surface area contributed by atoms with Gasteiger partial charge in [-0.1, -0.05) is 29.8 Å². The zero-order chi connectivity index (χ0) is 20.5. The van der Waals surface area contributed by atoms with Crippen molar-refractivity contribution >= 4 is 11.6 Å². The summed E-state index contributed by atoms with van der Waals surface area (Å²) in [7, 11) is 0. The highest BCUT2D eigenvalue weighted by molar-refractivity contribution is 5.77. The molecule has 1 atom stereocenters. The Balaban J connectivity index is 1.52. The third-order valence-electron chi connectivity index (χ3n) is 6.16. The van der Waals surface area contributed by atoms with Gasteiger partial charge in [0, 0.05) is 30.4 Å². The molecule has 4 rings (SSSR count). The lowest BCUT2D eigenvalue weighted by molar-refractivity contribution is -0.135. The number of aromatic nitrogens is 3. The molecule has 1 aromatic carbocycles. The highest BCUT2D eigenvalue weighted by Gasteiger charge is 2.28. The van der Waals surface area contributed by atoms with Crippen LogP contribution in [-0.4, -0.2) is 31.9 Å². The van der Waals surface area contributed by atoms with Gasteiger partial charge in [-0.3, -0.25) is 4.79 Å². The van der Waals surface area contributed by atoms with Gasteiger partial charge in [0.1, 0.15) is 0 Å². The highest BCUT2D eigenvalue weighted by Crippen LogP contribution is 2.32. The molecule has 1 fully saturated rings. The van der Waals surface area contributed by atoms with Crippen LogP contribution in [0.3, 0.4) is 0 Å². The standard InChI is InChI=1S/C24H30N4O/c1-16-8-10-20(11-9-16)22-7-5-6-14-27(22)24(29)13-12-21-18(3)25-23-15-17(2)26-28(23)19(21)4/h8-11,15,22H,5-7,12-14H2,1-4H3. The number of aryl methyl sites for hydroxylation is 4. The van der Waals surface area contributed by atoms with Crippen LogP contribution in [0.15, 0.2) is 30.3 Å². The predicted octanol–water partition coefficient (Wildman–Crippen LogP) is 4.65. The monoisotopic (exact) mass is 390 g/mol. The van der Waals surface area contributed by atoms with Gasteiger partial charge in [0.25, 0.3) is 0 Å². The molecule has 152 valence electrons. The second kappa shape index (κ2) is 7.97. The summed E-state index contributed by atoms with van der Waals surface area (Å²) in [4.78, 5) is 20.0. The lowest BCUT2D eigenvalue weighted by atomic mass is 9.94. The molecule has 5 heteroatoms. The van der Waals surface area contributed by atoms with E-state index in [2.05, 4.69) is 48.1 Å². The van der Waals surface area contributed by atoms with E-state index in [4.69, 9.17) is 4.98 Å². The van der Waals surface area contributed by atoms with Gasteiger partial charge in [0.15, 0.2) is 5.65 Å². The third kappa shape index (κ3) is 3.91. The van der Waals surface area contributed by atoms with E-state index < -0.39 is 0 Å². The van der Waals surface area contributed by atoms with Crippen molar-refractivity contribution < 1.29 is 4.79 Å². The minimum absolute atomic E-state index is 0.202. The van der Waals surface area contributed by atoms with Crippen LogP contribution in [0, 0.1) is 27.7 Å². The summed E-state index contributed by atoms with van der Waals surface area (Å²) in [5.74, 6) is 0.241. The molecule has 0 saturated carbocycles. The summed E-state index contributed by atoms with van der Waals surface area (Å²) in [5.41, 5.74) is 7.57. The van der Waals surface area contributed by atoms with Gasteiger partial charge in [-0.15, -0.1) is 0 Å². The Morgan fingerprint density at radius 1 is 1.10 bits per heavy atom. The van der Waals surface area contributed by atoms with Gasteiger partial charge in [-0.2, -0.15) is 5.10 Å². The molecular weight excluding hydrogens is 360 g/mol. The van der Waals surface area contributed by atoms with E-state index >= 15 is 0 Å². The summed E-state index contributed by atoms with van der Waals surface area (Å²) in [6.45, 7) is 9.04. The van der Waals surface area contributed by atoms with E-state index in [0.717, 1.165) is 47.7 Å². The van der Waals surface area contributed by atoms with E-state index in [1.54, 1.807) is 0 Å². The summed E-state index contributed by atoms with van der Waals surface area (Å²) in [6.07, 6.45) is 4.53. The van der Waals surface area contributed by atoms with Crippen LogP contribution in [0.5, 0.6) is 0 Å². The Hall–Kier alpha value is -2.69. The maximum absolute atomic E-state index is 13.2. The molecule has 0 spiro atoms. The number of benzene rings is 1. The Kier molecular flexibility index (Phi) is 5.39. The van der Waals surface area contributed by atoms with Crippen molar-refractivity contribution in [2.24, 2.45) is 0 Å². The maximum atomic E-state index is 13.2. The summed E-state index contributed by atoms with van der Waals surface area (Å²) < 4.78 is 1.90. The van der Waals surface area contributed by atoms with E-state index in [-0.39, 0.29) is 11.9 Å². The predicted molar refractivity (Wildman–Crippen MR) is 115 cm³/mol. The van der Waals surface area contributed by atoms with Gasteiger partial charge in [-0.05, 0) is 64.5 Å². The first-order valence-corrected chi connectivity index (χ1v) is 10.6. The van der Waals surface area contributed by atoms with Crippen molar-refractivity contribution in [3.8, 4) is 0 Å². The van der Waals surface area contributed by atoms with Crippen molar-refractivity contribution in [3.05, 3.63) is 64.1 Å². The SMILES string of the molecule is Cc1ccc(C2CCCCN2C(=O)CCc2c(C)nc3cc(C)nn3c2C)cc1. The van der Waals surface area contributed by atoms with Gasteiger partial charge in [0.2, 0.25) is 5.91 Å². The molecule has 0 aliphatic carbocycles. The van der Waals surface area contributed by atoms with Crippen LogP contribution in [0.25, 0.3) is 5.65 Å². The number of carbonyl (C=O) groups excluding carboxylic acids is 1. The van der Waals surface area contributed by atoms with Crippen molar-refractivity contribution in [2.45, 2.75) is 65.8 Å². The molecule has 1 unspecified atom stereocenters. The number of amides is 1. The van der Waals surface area contributed by atoms with Crippen molar-refractivity contribution in [1.29, 1.82) is 0 Å². The molecule has 0 bridgehead atoms. The molecule has 1 aliphatic rings. The van der Waals surface area contributed by atoms with Crippen molar-refractivity contribution in [1.82, 2.24) is 19.5 Å². The van der Waals surface area contributed by atoms with Crippen molar-refractivity contribution in [3.63, 3.8) is 0 Å². The molecule has 1 saturated heterocycles. The first-order valence-electron chi connectivity index (χ1n) is 10.6. The van der Waals surface area contributed by atoms with Gasteiger partial charge in [-0.25, -0.2) is 9.50 Å². The Morgan fingerprint density at radius 2 is 1.86 bits per heavy atom. The average molecular weight is 391 g/mol. The smallest absolute Gasteiger partial charge is 0.223 e. The summed E-state index contributed by atoms with van der Waals surface area (Å²) in [5, 5.41) is 4.55. The lowest BCUT2D eigenvalue weighted by Gasteiger charge is -2.36. The highest BCUT2D eigenvalue weighted by atomic mass is 16.2. The van der Waals surface area contributed by atoms with Crippen LogP contribution in [0.1, 0.15) is 65.5 Å². The van der Waals surface area contributed by atoms with Crippen LogP contribution in [-0.2, 0) is 11.2 Å². The quantitative estimate of drug-likeness (QED) is 0.652. The van der Waals surface area contributed by atoms with Crippen LogP contribution >= 0.6 is 0 Å². The normalized spacial score (nSPS) is 17.1. The lowest BCUT2D eigenvalue weighted by Crippen LogP contribution is -2.38. The molecule has 3 aromatic rings. The largest absolute Gasteiger partial charge is 0.336 e. The molecule has 5 nitrogen and oxygen atoms in total. The fourth-order valence-electron chi connectivity index (χ4n) is 4.54. The number of nitrogens with zero attached hydrogens (tertiary/aromatic N) is 4. The Bertz CT molecular complexity index is 1040. The second-order valence-corrected chi connectivity index (χ2v) is 8.33. The van der Waals surface area contributed by atoms with Crippen LogP contribution in [0.4, 0.5) is 0 Å². The van der Waals surface area contributed by atoms with Gasteiger partial charge < -0.3 is 4.90 Å². The minimum atomic E-state index is 0.202. The zero-order valence-corrected chi connectivity index (χ0v) is 17.9. The van der Waals surface area contributed by atoms with Crippen LogP contribution in [0.2, 0.25) is 0 Å². The molecule has 2 aromatic heterocycles. The van der Waals surface area contributed by atoms with Gasteiger partial charge >= 0.3 is 0 Å². The molecular formula is C24H30N4O.